The Balaban J connectivity index is 1.82. The monoisotopic (exact) mass is 260 g/mol. The Kier molecular flexibility index (Phi) is 4.25. The highest BCUT2D eigenvalue weighted by atomic mass is 16.1. The van der Waals surface area contributed by atoms with Crippen LogP contribution in [0.15, 0.2) is 24.3 Å². The van der Waals surface area contributed by atoms with Gasteiger partial charge in [0.05, 0.1) is 0 Å². The first kappa shape index (κ1) is 14.1. The maximum Gasteiger partial charge on any atom is 0.251 e. The van der Waals surface area contributed by atoms with Crippen LogP contribution in [0.2, 0.25) is 0 Å². The van der Waals surface area contributed by atoms with Gasteiger partial charge in [0.1, 0.15) is 0 Å². The first-order valence-electron chi connectivity index (χ1n) is 7.09. The lowest BCUT2D eigenvalue weighted by molar-refractivity contribution is 0.0963. The predicted octanol–water partition coefficient (Wildman–Crippen LogP) is 2.57. The van der Waals surface area contributed by atoms with E-state index in [9.17, 15) is 4.79 Å². The number of hydrogen-bond donors (Lipinski definition) is 2. The first-order chi connectivity index (χ1) is 9.07. The highest BCUT2D eigenvalue weighted by molar-refractivity contribution is 5.93. The molecule has 104 valence electrons. The number of amides is 1. The number of rotatable bonds is 6. The van der Waals surface area contributed by atoms with Crippen molar-refractivity contribution in [3.63, 3.8) is 0 Å². The zero-order valence-corrected chi connectivity index (χ0v) is 12.1. The van der Waals surface area contributed by atoms with Gasteiger partial charge < -0.3 is 10.6 Å². The third-order valence-electron chi connectivity index (χ3n) is 4.37. The van der Waals surface area contributed by atoms with Gasteiger partial charge in [0, 0.05) is 25.7 Å². The van der Waals surface area contributed by atoms with Crippen LogP contribution in [0.1, 0.15) is 42.6 Å². The van der Waals surface area contributed by atoms with Crippen LogP contribution in [0.25, 0.3) is 0 Å². The van der Waals surface area contributed by atoms with Gasteiger partial charge in [-0.1, -0.05) is 26.0 Å². The fourth-order valence-corrected chi connectivity index (χ4v) is 2.49. The quantitative estimate of drug-likeness (QED) is 0.825. The summed E-state index contributed by atoms with van der Waals surface area (Å²) in [7, 11) is 1.65. The Morgan fingerprint density at radius 1 is 1.26 bits per heavy atom. The van der Waals surface area contributed by atoms with Crippen molar-refractivity contribution in [3.05, 3.63) is 35.4 Å². The van der Waals surface area contributed by atoms with E-state index >= 15 is 0 Å². The van der Waals surface area contributed by atoms with Gasteiger partial charge >= 0.3 is 0 Å². The Labute approximate surface area is 115 Å². The third-order valence-corrected chi connectivity index (χ3v) is 4.37. The lowest BCUT2D eigenvalue weighted by atomic mass is 9.92. The van der Waals surface area contributed by atoms with E-state index in [-0.39, 0.29) is 5.91 Å². The van der Waals surface area contributed by atoms with Crippen molar-refractivity contribution in [2.75, 3.05) is 13.6 Å². The molecule has 0 spiro atoms. The fraction of sp³-hybridized carbons (Fsp3) is 0.562. The van der Waals surface area contributed by atoms with Gasteiger partial charge in [0.25, 0.3) is 5.91 Å². The predicted molar refractivity (Wildman–Crippen MR) is 78.0 cm³/mol. The molecule has 0 aromatic heterocycles. The van der Waals surface area contributed by atoms with E-state index in [0.717, 1.165) is 19.0 Å². The van der Waals surface area contributed by atoms with E-state index in [0.29, 0.717) is 11.0 Å². The van der Waals surface area contributed by atoms with E-state index < -0.39 is 0 Å². The lowest BCUT2D eigenvalue weighted by Gasteiger charge is -2.20. The molecule has 1 aliphatic rings. The molecule has 1 fully saturated rings. The molecule has 0 heterocycles. The van der Waals surface area contributed by atoms with Crippen molar-refractivity contribution in [2.45, 2.75) is 33.2 Å². The van der Waals surface area contributed by atoms with Crippen LogP contribution < -0.4 is 10.6 Å². The first-order valence-corrected chi connectivity index (χ1v) is 7.09. The summed E-state index contributed by atoms with van der Waals surface area (Å²) in [6.45, 7) is 6.60. The molecule has 1 saturated carbocycles. The van der Waals surface area contributed by atoms with Crippen molar-refractivity contribution >= 4 is 5.91 Å². The van der Waals surface area contributed by atoms with Crippen molar-refractivity contribution in [1.29, 1.82) is 0 Å². The summed E-state index contributed by atoms with van der Waals surface area (Å²) in [5.41, 5.74) is 2.49. The van der Waals surface area contributed by atoms with E-state index in [2.05, 4.69) is 24.5 Å². The molecule has 0 aliphatic heterocycles. The molecule has 3 heteroatoms. The minimum Gasteiger partial charge on any atom is -0.355 e. The van der Waals surface area contributed by atoms with E-state index in [1.807, 2.05) is 24.3 Å². The summed E-state index contributed by atoms with van der Waals surface area (Å²) in [6, 6.07) is 7.80. The molecule has 3 nitrogen and oxygen atoms in total. The SMILES string of the molecule is CNC(=O)c1ccc(CNCC2(C(C)C)CC2)cc1. The fourth-order valence-electron chi connectivity index (χ4n) is 2.49. The Bertz CT molecular complexity index is 433. The van der Waals surface area contributed by atoms with Crippen LogP contribution in [0.5, 0.6) is 0 Å². The van der Waals surface area contributed by atoms with Gasteiger partial charge in [0.15, 0.2) is 0 Å². The highest BCUT2D eigenvalue weighted by Crippen LogP contribution is 2.51. The van der Waals surface area contributed by atoms with Crippen LogP contribution in [-0.2, 0) is 6.54 Å². The average Bonchev–Trinajstić information content (AvgIpc) is 3.20. The Morgan fingerprint density at radius 2 is 1.89 bits per heavy atom. The number of carbonyl (C=O) groups excluding carboxylic acids is 1. The molecule has 19 heavy (non-hydrogen) atoms. The summed E-state index contributed by atoms with van der Waals surface area (Å²) in [5, 5.41) is 6.18. The molecule has 1 amide bonds. The van der Waals surface area contributed by atoms with E-state index in [4.69, 9.17) is 0 Å². The van der Waals surface area contributed by atoms with Crippen molar-refractivity contribution in [3.8, 4) is 0 Å². The maximum absolute atomic E-state index is 11.4. The maximum atomic E-state index is 11.4. The van der Waals surface area contributed by atoms with Gasteiger partial charge in [0.2, 0.25) is 0 Å². The van der Waals surface area contributed by atoms with Crippen LogP contribution in [0, 0.1) is 11.3 Å². The molecule has 2 rings (SSSR count). The Hall–Kier alpha value is -1.35. The highest BCUT2D eigenvalue weighted by Gasteiger charge is 2.44. The van der Waals surface area contributed by atoms with Gasteiger partial charge in [-0.2, -0.15) is 0 Å². The summed E-state index contributed by atoms with van der Waals surface area (Å²) in [6.07, 6.45) is 2.71. The second kappa shape index (κ2) is 5.74. The standard InChI is InChI=1S/C16H24N2O/c1-12(2)16(8-9-16)11-18-10-13-4-6-14(7-5-13)15(19)17-3/h4-7,12,18H,8-11H2,1-3H3,(H,17,19). The van der Waals surface area contributed by atoms with Gasteiger partial charge in [-0.15, -0.1) is 0 Å². The number of nitrogens with one attached hydrogen (secondary N) is 2. The smallest absolute Gasteiger partial charge is 0.251 e. The molecule has 0 atom stereocenters. The summed E-state index contributed by atoms with van der Waals surface area (Å²) < 4.78 is 0. The molecule has 1 aliphatic carbocycles. The van der Waals surface area contributed by atoms with Crippen LogP contribution in [0.3, 0.4) is 0 Å². The topological polar surface area (TPSA) is 41.1 Å². The van der Waals surface area contributed by atoms with Crippen LogP contribution >= 0.6 is 0 Å². The van der Waals surface area contributed by atoms with Gasteiger partial charge in [-0.3, -0.25) is 4.79 Å². The molecule has 1 aromatic carbocycles. The van der Waals surface area contributed by atoms with Crippen molar-refractivity contribution < 1.29 is 4.79 Å². The second-order valence-corrected chi connectivity index (χ2v) is 5.90. The summed E-state index contributed by atoms with van der Waals surface area (Å²) in [4.78, 5) is 11.4. The summed E-state index contributed by atoms with van der Waals surface area (Å²) >= 11 is 0. The molecule has 0 bridgehead atoms. The van der Waals surface area contributed by atoms with Crippen LogP contribution in [-0.4, -0.2) is 19.5 Å². The Morgan fingerprint density at radius 3 is 2.37 bits per heavy atom. The minimum atomic E-state index is -0.0312. The minimum absolute atomic E-state index is 0.0312. The van der Waals surface area contributed by atoms with Crippen molar-refractivity contribution in [1.82, 2.24) is 10.6 Å². The normalized spacial score (nSPS) is 16.4. The largest absolute Gasteiger partial charge is 0.355 e. The van der Waals surface area contributed by atoms with Gasteiger partial charge in [-0.05, 0) is 41.9 Å². The number of carbonyl (C=O) groups is 1. The molecule has 0 saturated heterocycles. The molecular weight excluding hydrogens is 236 g/mol. The molecule has 1 aromatic rings. The molecule has 0 unspecified atom stereocenters. The molecular formula is C16H24N2O. The van der Waals surface area contributed by atoms with Gasteiger partial charge in [-0.25, -0.2) is 0 Å². The number of hydrogen-bond acceptors (Lipinski definition) is 2. The summed E-state index contributed by atoms with van der Waals surface area (Å²) in [5.74, 6) is 0.729. The van der Waals surface area contributed by atoms with Crippen molar-refractivity contribution in [2.24, 2.45) is 11.3 Å². The average molecular weight is 260 g/mol. The molecule has 0 radical (unpaired) electrons. The van der Waals surface area contributed by atoms with Crippen LogP contribution in [0.4, 0.5) is 0 Å². The molecule has 2 N–H and O–H groups in total. The zero-order chi connectivity index (χ0) is 13.9. The third kappa shape index (κ3) is 3.35. The van der Waals surface area contributed by atoms with E-state index in [1.54, 1.807) is 7.05 Å². The number of benzene rings is 1. The second-order valence-electron chi connectivity index (χ2n) is 5.90. The zero-order valence-electron chi connectivity index (χ0n) is 12.1. The van der Waals surface area contributed by atoms with E-state index in [1.165, 1.54) is 18.4 Å². The lowest BCUT2D eigenvalue weighted by Crippen LogP contribution is -2.27.